The van der Waals surface area contributed by atoms with Gasteiger partial charge in [-0.15, -0.1) is 11.6 Å². The van der Waals surface area contributed by atoms with Gasteiger partial charge in [0, 0.05) is 17.7 Å². The van der Waals surface area contributed by atoms with E-state index in [2.05, 4.69) is 0 Å². The molecule has 0 N–H and O–H groups in total. The Balaban J connectivity index is 2.54. The fourth-order valence-corrected chi connectivity index (χ4v) is 2.15. The molecule has 0 unspecified atom stereocenters. The molecule has 0 amide bonds. The second-order valence-electron chi connectivity index (χ2n) is 3.95. The molecule has 0 spiro atoms. The van der Waals surface area contributed by atoms with Crippen molar-refractivity contribution in [2.75, 3.05) is 0 Å². The van der Waals surface area contributed by atoms with Crippen molar-refractivity contribution in [3.05, 3.63) is 61.9 Å². The minimum atomic E-state index is -0.696. The summed E-state index contributed by atoms with van der Waals surface area (Å²) < 4.78 is 19.1. The van der Waals surface area contributed by atoms with E-state index in [0.29, 0.717) is 5.56 Å². The molecule has 21 heavy (non-hydrogen) atoms. The Labute approximate surface area is 134 Å². The summed E-state index contributed by atoms with van der Waals surface area (Å²) in [5.74, 6) is -1.10. The van der Waals surface area contributed by atoms with Gasteiger partial charge in [-0.1, -0.05) is 35.3 Å². The first-order valence-corrected chi connectivity index (χ1v) is 6.87. The number of hydrogen-bond donors (Lipinski definition) is 0. The third-order valence-corrected chi connectivity index (χ3v) is 3.61. The van der Waals surface area contributed by atoms with Gasteiger partial charge in [0.2, 0.25) is 5.75 Å². The van der Waals surface area contributed by atoms with Crippen LogP contribution in [-0.4, -0.2) is 4.92 Å². The molecule has 0 atom stereocenters. The second-order valence-corrected chi connectivity index (χ2v) is 5.04. The Hall–Kier alpha value is -1.56. The van der Waals surface area contributed by atoms with Gasteiger partial charge in [-0.3, -0.25) is 10.1 Å². The first kappa shape index (κ1) is 15.8. The van der Waals surface area contributed by atoms with Crippen LogP contribution in [0.1, 0.15) is 5.56 Å². The minimum absolute atomic E-state index is 0.00168. The second kappa shape index (κ2) is 6.47. The van der Waals surface area contributed by atoms with E-state index < -0.39 is 16.4 Å². The van der Waals surface area contributed by atoms with Gasteiger partial charge in [-0.2, -0.15) is 0 Å². The first-order valence-electron chi connectivity index (χ1n) is 5.58. The summed E-state index contributed by atoms with van der Waals surface area (Å²) in [6.07, 6.45) is 0. The molecule has 4 nitrogen and oxygen atoms in total. The number of ether oxygens (including phenoxy) is 1. The Morgan fingerprint density at radius 3 is 2.52 bits per heavy atom. The zero-order chi connectivity index (χ0) is 15.6. The number of para-hydroxylation sites is 1. The van der Waals surface area contributed by atoms with E-state index in [0.717, 1.165) is 18.2 Å². The van der Waals surface area contributed by atoms with E-state index in [-0.39, 0.29) is 27.4 Å². The summed E-state index contributed by atoms with van der Waals surface area (Å²) in [5, 5.41) is 11.1. The van der Waals surface area contributed by atoms with Gasteiger partial charge in [0.05, 0.1) is 20.8 Å². The van der Waals surface area contributed by atoms with Crippen molar-refractivity contribution in [3.8, 4) is 11.5 Å². The molecule has 2 rings (SSSR count). The fraction of sp³-hybridized carbons (Fsp3) is 0.0769. The first-order chi connectivity index (χ1) is 9.93. The zero-order valence-electron chi connectivity index (χ0n) is 10.3. The van der Waals surface area contributed by atoms with Crippen LogP contribution in [-0.2, 0) is 5.88 Å². The van der Waals surface area contributed by atoms with E-state index >= 15 is 0 Å². The van der Waals surface area contributed by atoms with E-state index in [9.17, 15) is 14.5 Å². The monoisotopic (exact) mass is 349 g/mol. The quantitative estimate of drug-likeness (QED) is 0.411. The maximum atomic E-state index is 13.8. The molecule has 2 aromatic rings. The molecular weight excluding hydrogens is 344 g/mol. The highest BCUT2D eigenvalue weighted by molar-refractivity contribution is 6.42. The van der Waals surface area contributed by atoms with Crippen LogP contribution >= 0.6 is 34.8 Å². The highest BCUT2D eigenvalue weighted by atomic mass is 35.5. The lowest BCUT2D eigenvalue weighted by Crippen LogP contribution is -1.97. The smallest absolute Gasteiger partial charge is 0.313 e. The fourth-order valence-electron chi connectivity index (χ4n) is 1.63. The Bertz CT molecular complexity index is 709. The van der Waals surface area contributed by atoms with Crippen molar-refractivity contribution in [2.24, 2.45) is 0 Å². The van der Waals surface area contributed by atoms with Crippen LogP contribution in [0.5, 0.6) is 11.5 Å². The van der Waals surface area contributed by atoms with E-state index in [1.807, 2.05) is 0 Å². The molecule has 2 aromatic carbocycles. The number of rotatable bonds is 4. The lowest BCUT2D eigenvalue weighted by Gasteiger charge is -2.11. The van der Waals surface area contributed by atoms with Gasteiger partial charge in [0.25, 0.3) is 0 Å². The molecule has 0 saturated carbocycles. The summed E-state index contributed by atoms with van der Waals surface area (Å²) in [6, 6.07) is 6.37. The van der Waals surface area contributed by atoms with Crippen LogP contribution in [0.3, 0.4) is 0 Å². The molecule has 0 aliphatic heterocycles. The maximum Gasteiger partial charge on any atom is 0.313 e. The average molecular weight is 351 g/mol. The standard InChI is InChI=1S/C13H7Cl3FNO3/c14-6-7-2-1-3-10(17)13(7)21-12-5-9(16)8(15)4-11(12)18(19)20/h1-5H,6H2. The van der Waals surface area contributed by atoms with Crippen LogP contribution in [0.25, 0.3) is 0 Å². The molecule has 0 aliphatic carbocycles. The molecule has 0 heterocycles. The zero-order valence-corrected chi connectivity index (χ0v) is 12.5. The van der Waals surface area contributed by atoms with Crippen LogP contribution in [0.2, 0.25) is 10.0 Å². The van der Waals surface area contributed by atoms with Crippen molar-refractivity contribution in [1.82, 2.24) is 0 Å². The topological polar surface area (TPSA) is 52.4 Å². The summed E-state index contributed by atoms with van der Waals surface area (Å²) in [4.78, 5) is 10.3. The summed E-state index contributed by atoms with van der Waals surface area (Å²) in [6.45, 7) is 0. The number of nitro benzene ring substituents is 1. The van der Waals surface area contributed by atoms with E-state index in [1.54, 1.807) is 6.07 Å². The van der Waals surface area contributed by atoms with Gasteiger partial charge < -0.3 is 4.74 Å². The Morgan fingerprint density at radius 1 is 1.24 bits per heavy atom. The molecule has 110 valence electrons. The van der Waals surface area contributed by atoms with E-state index in [1.165, 1.54) is 6.07 Å². The Kier molecular flexibility index (Phi) is 4.88. The van der Waals surface area contributed by atoms with Crippen molar-refractivity contribution >= 4 is 40.5 Å². The van der Waals surface area contributed by atoms with Gasteiger partial charge >= 0.3 is 5.69 Å². The third kappa shape index (κ3) is 3.37. The van der Waals surface area contributed by atoms with Crippen molar-refractivity contribution < 1.29 is 14.1 Å². The third-order valence-electron chi connectivity index (χ3n) is 2.60. The van der Waals surface area contributed by atoms with Crippen LogP contribution in [0, 0.1) is 15.9 Å². The van der Waals surface area contributed by atoms with E-state index in [4.69, 9.17) is 39.5 Å². The molecule has 0 bridgehead atoms. The van der Waals surface area contributed by atoms with Gasteiger partial charge in [0.15, 0.2) is 11.6 Å². The largest absolute Gasteiger partial charge is 0.447 e. The molecule has 0 fully saturated rings. The maximum absolute atomic E-state index is 13.8. The molecule has 0 aliphatic rings. The summed E-state index contributed by atoms with van der Waals surface area (Å²) >= 11 is 17.3. The van der Waals surface area contributed by atoms with Crippen molar-refractivity contribution in [1.29, 1.82) is 0 Å². The number of benzene rings is 2. The van der Waals surface area contributed by atoms with Gasteiger partial charge in [0.1, 0.15) is 0 Å². The summed E-state index contributed by atoms with van der Waals surface area (Å²) in [7, 11) is 0. The van der Waals surface area contributed by atoms with Crippen molar-refractivity contribution in [2.45, 2.75) is 5.88 Å². The number of alkyl halides is 1. The number of hydrogen-bond acceptors (Lipinski definition) is 3. The molecule has 0 aromatic heterocycles. The normalized spacial score (nSPS) is 10.5. The predicted octanol–water partition coefficient (Wildman–Crippen LogP) is 5.57. The number of nitrogens with zero attached hydrogens (tertiary/aromatic N) is 1. The van der Waals surface area contributed by atoms with Crippen molar-refractivity contribution in [3.63, 3.8) is 0 Å². The number of halogens is 4. The minimum Gasteiger partial charge on any atom is -0.447 e. The van der Waals surface area contributed by atoms with Crippen LogP contribution in [0.15, 0.2) is 30.3 Å². The lowest BCUT2D eigenvalue weighted by atomic mass is 10.2. The molecule has 8 heteroatoms. The van der Waals surface area contributed by atoms with Gasteiger partial charge in [-0.25, -0.2) is 4.39 Å². The van der Waals surface area contributed by atoms with Crippen LogP contribution in [0.4, 0.5) is 10.1 Å². The predicted molar refractivity (Wildman–Crippen MR) is 79.1 cm³/mol. The molecule has 0 saturated heterocycles. The SMILES string of the molecule is O=[N+]([O-])c1cc(Cl)c(Cl)cc1Oc1c(F)cccc1CCl. The molecular formula is C13H7Cl3FNO3. The number of nitro groups is 1. The average Bonchev–Trinajstić information content (AvgIpc) is 2.44. The lowest BCUT2D eigenvalue weighted by molar-refractivity contribution is -0.385. The summed E-state index contributed by atoms with van der Waals surface area (Å²) in [5.41, 5.74) is -0.0646. The van der Waals surface area contributed by atoms with Gasteiger partial charge in [-0.05, 0) is 6.07 Å². The highest BCUT2D eigenvalue weighted by Gasteiger charge is 2.21. The Morgan fingerprint density at radius 2 is 1.90 bits per heavy atom. The molecule has 0 radical (unpaired) electrons. The van der Waals surface area contributed by atoms with Crippen LogP contribution < -0.4 is 4.74 Å². The highest BCUT2D eigenvalue weighted by Crippen LogP contribution is 2.39.